The average molecular weight is 175 g/mol. The Kier molecular flexibility index (Phi) is 13.6. The summed E-state index contributed by atoms with van der Waals surface area (Å²) in [7, 11) is 0. The number of aliphatic carboxylic acids is 1. The first-order chi connectivity index (χ1) is 3.13. The summed E-state index contributed by atoms with van der Waals surface area (Å²) in [5.41, 5.74) is 0. The fraction of sp³-hybridized carbons (Fsp3) is 0.500. The monoisotopic (exact) mass is 174 g/mol. The smallest absolute Gasteiger partial charge is 0.310 e. The third-order valence-electron chi connectivity index (χ3n) is 0.400. The Morgan fingerprint density at radius 3 is 1.67 bits per heavy atom. The molecule has 0 aromatic carbocycles. The number of ketones is 1. The number of carboxylic acid groups (broad SMARTS) is 1. The maximum Gasteiger partial charge on any atom is 0.310 e. The first-order valence-electron chi connectivity index (χ1n) is 1.84. The fourth-order valence-corrected chi connectivity index (χ4v) is 0.213. The van der Waals surface area contributed by atoms with Crippen LogP contribution in [0.15, 0.2) is 0 Å². The number of halogens is 2. The molecule has 0 fully saturated rings. The van der Waals surface area contributed by atoms with Crippen LogP contribution in [0.2, 0.25) is 0 Å². The number of Topliss-reactive ketones (excluding diaryl/α,β-unsaturated/α-hetero) is 1. The van der Waals surface area contributed by atoms with Gasteiger partial charge >= 0.3 is 5.97 Å². The van der Waals surface area contributed by atoms with Crippen LogP contribution in [-0.4, -0.2) is 16.9 Å². The fourth-order valence-electron chi connectivity index (χ4n) is 0.213. The highest BCUT2D eigenvalue weighted by Crippen LogP contribution is 1.77. The maximum absolute atomic E-state index is 9.87. The van der Waals surface area contributed by atoms with Crippen LogP contribution in [0.4, 0.5) is 0 Å². The Balaban J connectivity index is -0.000000180. The highest BCUT2D eigenvalue weighted by Gasteiger charge is 1.98. The molecule has 0 spiro atoms. The summed E-state index contributed by atoms with van der Waals surface area (Å²) in [5.74, 6) is -1.37. The molecule has 0 amide bonds. The minimum Gasteiger partial charge on any atom is -0.481 e. The van der Waals surface area contributed by atoms with Crippen molar-refractivity contribution in [1.29, 1.82) is 0 Å². The predicted molar refractivity (Wildman–Crippen MR) is 37.4 cm³/mol. The lowest BCUT2D eigenvalue weighted by Gasteiger charge is -1.80. The summed E-state index contributed by atoms with van der Waals surface area (Å²) in [4.78, 5) is 19.5. The Morgan fingerprint density at radius 1 is 1.33 bits per heavy atom. The normalized spacial score (nSPS) is 6.33. The molecular weight excluding hydrogens is 167 g/mol. The van der Waals surface area contributed by atoms with Crippen LogP contribution < -0.4 is 0 Å². The van der Waals surface area contributed by atoms with Crippen molar-refractivity contribution in [2.24, 2.45) is 0 Å². The van der Waals surface area contributed by atoms with E-state index in [1.165, 1.54) is 6.92 Å². The zero-order valence-corrected chi connectivity index (χ0v) is 6.42. The molecule has 0 radical (unpaired) electrons. The lowest BCUT2D eigenvalue weighted by Crippen LogP contribution is -2.00. The van der Waals surface area contributed by atoms with E-state index >= 15 is 0 Å². The summed E-state index contributed by atoms with van der Waals surface area (Å²) in [6.45, 7) is 1.24. The van der Waals surface area contributed by atoms with E-state index < -0.39 is 5.97 Å². The first-order valence-corrected chi connectivity index (χ1v) is 1.84. The first kappa shape index (κ1) is 15.9. The Morgan fingerprint density at radius 2 is 1.67 bits per heavy atom. The van der Waals surface area contributed by atoms with Gasteiger partial charge in [-0.1, -0.05) is 0 Å². The molecule has 0 heterocycles. The predicted octanol–water partition coefficient (Wildman–Crippen LogP) is 0.894. The molecule has 0 bridgehead atoms. The molecule has 0 aliphatic carbocycles. The standard InChI is InChI=1S/C4H6O3.2ClH/c1-3(5)2-4(6)7;;/h2H2,1H3,(H,6,7);2*1H. The van der Waals surface area contributed by atoms with Crippen molar-refractivity contribution in [3.63, 3.8) is 0 Å². The van der Waals surface area contributed by atoms with Crippen molar-refractivity contribution in [1.82, 2.24) is 0 Å². The molecule has 9 heavy (non-hydrogen) atoms. The topological polar surface area (TPSA) is 54.4 Å². The van der Waals surface area contributed by atoms with Gasteiger partial charge in [0.1, 0.15) is 12.2 Å². The van der Waals surface area contributed by atoms with Crippen molar-refractivity contribution in [3.8, 4) is 0 Å². The molecule has 56 valence electrons. The SMILES string of the molecule is CC(=O)CC(=O)O.Cl.Cl. The minimum absolute atomic E-state index is 0. The van der Waals surface area contributed by atoms with E-state index in [1.807, 2.05) is 0 Å². The van der Waals surface area contributed by atoms with Crippen molar-refractivity contribution in [2.75, 3.05) is 0 Å². The van der Waals surface area contributed by atoms with E-state index in [4.69, 9.17) is 5.11 Å². The summed E-state index contributed by atoms with van der Waals surface area (Å²) in [6, 6.07) is 0. The van der Waals surface area contributed by atoms with E-state index in [0.29, 0.717) is 0 Å². The summed E-state index contributed by atoms with van der Waals surface area (Å²) in [6.07, 6.45) is -0.361. The molecule has 1 N–H and O–H groups in total. The molecule has 0 atom stereocenters. The average Bonchev–Trinajstić information content (AvgIpc) is 1.27. The third kappa shape index (κ3) is 18.3. The van der Waals surface area contributed by atoms with E-state index in [1.54, 1.807) is 0 Å². The number of carboxylic acids is 1. The molecule has 5 heteroatoms. The van der Waals surface area contributed by atoms with Gasteiger partial charge in [-0.2, -0.15) is 0 Å². The molecular formula is C4H8Cl2O3. The largest absolute Gasteiger partial charge is 0.481 e. The van der Waals surface area contributed by atoms with Crippen LogP contribution in [0, 0.1) is 0 Å². The molecule has 0 saturated carbocycles. The number of carbonyl (C=O) groups is 2. The minimum atomic E-state index is -1.06. The zero-order valence-electron chi connectivity index (χ0n) is 4.79. The lowest BCUT2D eigenvalue weighted by molar-refractivity contribution is -0.139. The number of hydrogen-bond acceptors (Lipinski definition) is 2. The molecule has 0 aromatic heterocycles. The van der Waals surface area contributed by atoms with Crippen LogP contribution >= 0.6 is 24.8 Å². The van der Waals surface area contributed by atoms with Gasteiger partial charge in [0.05, 0.1) is 0 Å². The second-order valence-electron chi connectivity index (χ2n) is 1.27. The molecule has 0 aromatic rings. The number of rotatable bonds is 2. The van der Waals surface area contributed by atoms with Gasteiger partial charge < -0.3 is 5.11 Å². The van der Waals surface area contributed by atoms with Crippen molar-refractivity contribution in [3.05, 3.63) is 0 Å². The van der Waals surface area contributed by atoms with Crippen LogP contribution in [-0.2, 0) is 9.59 Å². The lowest BCUT2D eigenvalue weighted by atomic mass is 10.3. The Hall–Kier alpha value is -0.280. The summed E-state index contributed by atoms with van der Waals surface area (Å²) in [5, 5.41) is 7.86. The molecule has 0 aliphatic heterocycles. The molecule has 3 nitrogen and oxygen atoms in total. The van der Waals surface area contributed by atoms with E-state index in [9.17, 15) is 9.59 Å². The van der Waals surface area contributed by atoms with Gasteiger partial charge in [0.2, 0.25) is 0 Å². The summed E-state index contributed by atoms with van der Waals surface area (Å²) < 4.78 is 0. The highest BCUT2D eigenvalue weighted by atomic mass is 35.5. The van der Waals surface area contributed by atoms with Gasteiger partial charge in [0.25, 0.3) is 0 Å². The quantitative estimate of drug-likeness (QED) is 0.634. The molecule has 0 rings (SSSR count). The molecule has 0 unspecified atom stereocenters. The van der Waals surface area contributed by atoms with Crippen molar-refractivity contribution < 1.29 is 14.7 Å². The van der Waals surface area contributed by atoms with Crippen LogP contribution in [0.1, 0.15) is 13.3 Å². The van der Waals surface area contributed by atoms with E-state index in [2.05, 4.69) is 0 Å². The third-order valence-corrected chi connectivity index (χ3v) is 0.400. The van der Waals surface area contributed by atoms with Gasteiger partial charge in [-0.3, -0.25) is 9.59 Å². The summed E-state index contributed by atoms with van der Waals surface area (Å²) >= 11 is 0. The Labute approximate surface area is 65.3 Å². The van der Waals surface area contributed by atoms with Gasteiger partial charge in [-0.15, -0.1) is 24.8 Å². The van der Waals surface area contributed by atoms with Crippen LogP contribution in [0.3, 0.4) is 0 Å². The highest BCUT2D eigenvalue weighted by molar-refractivity contribution is 5.93. The second-order valence-corrected chi connectivity index (χ2v) is 1.27. The van der Waals surface area contributed by atoms with Gasteiger partial charge in [0.15, 0.2) is 0 Å². The maximum atomic E-state index is 9.87. The Bertz CT molecular complexity index is 90.0. The molecule has 0 saturated heterocycles. The van der Waals surface area contributed by atoms with E-state index in [0.717, 1.165) is 0 Å². The number of hydrogen-bond donors (Lipinski definition) is 1. The number of carbonyl (C=O) groups excluding carboxylic acids is 1. The van der Waals surface area contributed by atoms with Gasteiger partial charge in [-0.25, -0.2) is 0 Å². The zero-order chi connectivity index (χ0) is 5.86. The van der Waals surface area contributed by atoms with Gasteiger partial charge in [-0.05, 0) is 6.92 Å². The van der Waals surface area contributed by atoms with Crippen LogP contribution in [0.25, 0.3) is 0 Å². The second kappa shape index (κ2) is 7.72. The van der Waals surface area contributed by atoms with Crippen LogP contribution in [0.5, 0.6) is 0 Å². The van der Waals surface area contributed by atoms with E-state index in [-0.39, 0.29) is 37.0 Å². The van der Waals surface area contributed by atoms with Crippen molar-refractivity contribution >= 4 is 36.6 Å². The molecule has 0 aliphatic rings. The van der Waals surface area contributed by atoms with Gasteiger partial charge in [0, 0.05) is 0 Å². The van der Waals surface area contributed by atoms with Crippen molar-refractivity contribution in [2.45, 2.75) is 13.3 Å².